The van der Waals surface area contributed by atoms with Gasteiger partial charge in [-0.3, -0.25) is 4.79 Å². The Balaban J connectivity index is 2.03. The van der Waals surface area contributed by atoms with Crippen molar-refractivity contribution in [3.05, 3.63) is 17.7 Å². The van der Waals surface area contributed by atoms with Gasteiger partial charge in [-0.25, -0.2) is 0 Å². The summed E-state index contributed by atoms with van der Waals surface area (Å²) in [6.07, 6.45) is 0.904. The third kappa shape index (κ3) is 4.26. The first-order chi connectivity index (χ1) is 10.2. The molecular weight excluding hydrogens is 272 g/mol. The lowest BCUT2D eigenvalue weighted by molar-refractivity contribution is -0.123. The van der Waals surface area contributed by atoms with Crippen LogP contribution in [0.1, 0.15) is 25.8 Å². The smallest absolute Gasteiger partial charge is 0.257 e. The van der Waals surface area contributed by atoms with Crippen molar-refractivity contribution in [3.8, 4) is 17.2 Å². The molecule has 2 rings (SSSR count). The fourth-order valence-corrected chi connectivity index (χ4v) is 1.96. The molecule has 1 heterocycles. The Kier molecular flexibility index (Phi) is 5.68. The number of ether oxygens (including phenoxy) is 3. The number of hydrogen-bond acceptors (Lipinski definition) is 5. The molecule has 0 radical (unpaired) electrons. The summed E-state index contributed by atoms with van der Waals surface area (Å²) in [6, 6.07) is 3.67. The second-order valence-corrected chi connectivity index (χ2v) is 4.73. The summed E-state index contributed by atoms with van der Waals surface area (Å²) in [5.41, 5.74) is 0.949. The Labute approximate surface area is 124 Å². The molecule has 0 spiro atoms. The summed E-state index contributed by atoms with van der Waals surface area (Å²) in [5, 5.41) is 6.02. The van der Waals surface area contributed by atoms with Gasteiger partial charge in [0, 0.05) is 24.7 Å². The largest absolute Gasteiger partial charge is 0.483 e. The van der Waals surface area contributed by atoms with Gasteiger partial charge in [0.2, 0.25) is 6.79 Å². The number of carbonyl (C=O) groups excluding carboxylic acids is 1. The van der Waals surface area contributed by atoms with Crippen molar-refractivity contribution in [3.63, 3.8) is 0 Å². The quantitative estimate of drug-likeness (QED) is 0.759. The van der Waals surface area contributed by atoms with Crippen LogP contribution in [0.15, 0.2) is 12.1 Å². The van der Waals surface area contributed by atoms with Gasteiger partial charge in [0.1, 0.15) is 5.75 Å². The summed E-state index contributed by atoms with van der Waals surface area (Å²) in [4.78, 5) is 11.6. The van der Waals surface area contributed by atoms with Crippen LogP contribution < -0.4 is 24.8 Å². The second kappa shape index (κ2) is 7.73. The minimum atomic E-state index is -0.121. The lowest BCUT2D eigenvalue weighted by atomic mass is 10.1. The molecule has 1 aliphatic rings. The van der Waals surface area contributed by atoms with Crippen molar-refractivity contribution in [2.45, 2.75) is 26.8 Å². The van der Waals surface area contributed by atoms with Gasteiger partial charge in [-0.05, 0) is 19.0 Å². The zero-order valence-corrected chi connectivity index (χ0v) is 12.5. The highest BCUT2D eigenvalue weighted by molar-refractivity contribution is 5.77. The molecular formula is C15H22N2O4. The maximum absolute atomic E-state index is 11.6. The van der Waals surface area contributed by atoms with Crippen LogP contribution in [0.5, 0.6) is 17.2 Å². The monoisotopic (exact) mass is 294 g/mol. The van der Waals surface area contributed by atoms with Crippen LogP contribution in [0.2, 0.25) is 0 Å². The summed E-state index contributed by atoms with van der Waals surface area (Å²) < 4.78 is 16.3. The lowest BCUT2D eigenvalue weighted by Crippen LogP contribution is -2.29. The van der Waals surface area contributed by atoms with E-state index in [1.165, 1.54) is 0 Å². The van der Waals surface area contributed by atoms with Crippen LogP contribution >= 0.6 is 0 Å². The molecule has 0 bridgehead atoms. The molecule has 0 unspecified atom stereocenters. The maximum atomic E-state index is 11.6. The van der Waals surface area contributed by atoms with Crippen LogP contribution in [0, 0.1) is 0 Å². The minimum Gasteiger partial charge on any atom is -0.483 e. The van der Waals surface area contributed by atoms with Gasteiger partial charge in [0.05, 0.1) is 0 Å². The summed E-state index contributed by atoms with van der Waals surface area (Å²) in [5.74, 6) is 1.89. The van der Waals surface area contributed by atoms with Crippen LogP contribution in [0.25, 0.3) is 0 Å². The first-order valence-electron chi connectivity index (χ1n) is 7.27. The molecule has 0 atom stereocenters. The number of benzene rings is 1. The van der Waals surface area contributed by atoms with E-state index in [9.17, 15) is 4.79 Å². The Morgan fingerprint density at radius 2 is 2.05 bits per heavy atom. The molecule has 0 saturated carbocycles. The van der Waals surface area contributed by atoms with Gasteiger partial charge in [-0.15, -0.1) is 0 Å². The molecule has 116 valence electrons. The predicted octanol–water partition coefficient (Wildman–Crippen LogP) is 1.43. The van der Waals surface area contributed by atoms with E-state index in [-0.39, 0.29) is 19.3 Å². The maximum Gasteiger partial charge on any atom is 0.257 e. The number of nitrogens with one attached hydrogen (secondary N) is 2. The minimum absolute atomic E-state index is 0.00122. The predicted molar refractivity (Wildman–Crippen MR) is 78.7 cm³/mol. The normalized spacial score (nSPS) is 12.3. The third-order valence-corrected chi connectivity index (χ3v) is 3.05. The number of rotatable bonds is 8. The topological polar surface area (TPSA) is 68.8 Å². The van der Waals surface area contributed by atoms with Gasteiger partial charge in [-0.2, -0.15) is 0 Å². The average Bonchev–Trinajstić information content (AvgIpc) is 2.95. The molecule has 1 aliphatic heterocycles. The molecule has 0 saturated heterocycles. The SMILES string of the molecule is CCCNC(=O)COc1cc2c(cc1CNCC)OCO2. The number of hydrogen-bond donors (Lipinski definition) is 2. The first-order valence-corrected chi connectivity index (χ1v) is 7.27. The Bertz CT molecular complexity index is 491. The standard InChI is InChI=1S/C15H22N2O4/c1-3-5-17-15(18)9-19-12-7-14-13(20-10-21-14)6-11(12)8-16-4-2/h6-7,16H,3-5,8-10H2,1-2H3,(H,17,18). The van der Waals surface area contributed by atoms with Gasteiger partial charge in [0.15, 0.2) is 18.1 Å². The second-order valence-electron chi connectivity index (χ2n) is 4.73. The van der Waals surface area contributed by atoms with Crippen molar-refractivity contribution >= 4 is 5.91 Å². The summed E-state index contributed by atoms with van der Waals surface area (Å²) in [7, 11) is 0. The Morgan fingerprint density at radius 3 is 2.76 bits per heavy atom. The van der Waals surface area contributed by atoms with Gasteiger partial charge in [-0.1, -0.05) is 13.8 Å². The zero-order chi connectivity index (χ0) is 15.1. The number of amides is 1. The summed E-state index contributed by atoms with van der Waals surface area (Å²) in [6.45, 7) is 6.42. The fraction of sp³-hybridized carbons (Fsp3) is 0.533. The number of carbonyl (C=O) groups is 1. The average molecular weight is 294 g/mol. The van der Waals surface area contributed by atoms with Crippen LogP contribution in [0.3, 0.4) is 0 Å². The van der Waals surface area contributed by atoms with E-state index >= 15 is 0 Å². The zero-order valence-electron chi connectivity index (χ0n) is 12.5. The highest BCUT2D eigenvalue weighted by Crippen LogP contribution is 2.38. The summed E-state index contributed by atoms with van der Waals surface area (Å²) >= 11 is 0. The van der Waals surface area contributed by atoms with Crippen LogP contribution in [-0.4, -0.2) is 32.4 Å². The van der Waals surface area contributed by atoms with Crippen molar-refractivity contribution in [1.82, 2.24) is 10.6 Å². The van der Waals surface area contributed by atoms with Crippen molar-refractivity contribution in [2.24, 2.45) is 0 Å². The van der Waals surface area contributed by atoms with Crippen molar-refractivity contribution < 1.29 is 19.0 Å². The van der Waals surface area contributed by atoms with Crippen LogP contribution in [-0.2, 0) is 11.3 Å². The van der Waals surface area contributed by atoms with Gasteiger partial charge in [0.25, 0.3) is 5.91 Å². The van der Waals surface area contributed by atoms with E-state index in [4.69, 9.17) is 14.2 Å². The van der Waals surface area contributed by atoms with E-state index in [0.29, 0.717) is 30.3 Å². The molecule has 21 heavy (non-hydrogen) atoms. The molecule has 1 aromatic carbocycles. The highest BCUT2D eigenvalue weighted by atomic mass is 16.7. The van der Waals surface area contributed by atoms with E-state index < -0.39 is 0 Å². The van der Waals surface area contributed by atoms with E-state index in [0.717, 1.165) is 18.5 Å². The van der Waals surface area contributed by atoms with E-state index in [1.807, 2.05) is 19.9 Å². The van der Waals surface area contributed by atoms with E-state index in [1.54, 1.807) is 6.07 Å². The molecule has 6 nitrogen and oxygen atoms in total. The van der Waals surface area contributed by atoms with Gasteiger partial charge < -0.3 is 24.8 Å². The Morgan fingerprint density at radius 1 is 1.29 bits per heavy atom. The fourth-order valence-electron chi connectivity index (χ4n) is 1.96. The molecule has 2 N–H and O–H groups in total. The Hall–Kier alpha value is -1.95. The molecule has 0 aromatic heterocycles. The molecule has 1 amide bonds. The highest BCUT2D eigenvalue weighted by Gasteiger charge is 2.18. The molecule has 0 fully saturated rings. The lowest BCUT2D eigenvalue weighted by Gasteiger charge is -2.13. The third-order valence-electron chi connectivity index (χ3n) is 3.05. The molecule has 0 aliphatic carbocycles. The molecule has 6 heteroatoms. The number of fused-ring (bicyclic) bond motifs is 1. The van der Waals surface area contributed by atoms with E-state index in [2.05, 4.69) is 10.6 Å². The molecule has 1 aromatic rings. The van der Waals surface area contributed by atoms with Gasteiger partial charge >= 0.3 is 0 Å². The van der Waals surface area contributed by atoms with Crippen molar-refractivity contribution in [2.75, 3.05) is 26.5 Å². The first kappa shape index (κ1) is 15.4. The van der Waals surface area contributed by atoms with Crippen molar-refractivity contribution in [1.29, 1.82) is 0 Å². The van der Waals surface area contributed by atoms with Crippen LogP contribution in [0.4, 0.5) is 0 Å².